The summed E-state index contributed by atoms with van der Waals surface area (Å²) in [6, 6.07) is 8.39. The summed E-state index contributed by atoms with van der Waals surface area (Å²) in [5.74, 6) is 0. The summed E-state index contributed by atoms with van der Waals surface area (Å²) in [4.78, 5) is 14.0. The van der Waals surface area contributed by atoms with Gasteiger partial charge in [0.2, 0.25) is 0 Å². The van der Waals surface area contributed by atoms with Crippen LogP contribution in [-0.4, -0.2) is 30.1 Å². The molecule has 2 aliphatic heterocycles. The molecule has 0 saturated carbocycles. The summed E-state index contributed by atoms with van der Waals surface area (Å²) < 4.78 is 0. The number of carbonyl (C=O) groups is 1. The van der Waals surface area contributed by atoms with Gasteiger partial charge in [-0.05, 0) is 31.0 Å². The summed E-state index contributed by atoms with van der Waals surface area (Å²) in [6.45, 7) is 2.71. The fourth-order valence-electron chi connectivity index (χ4n) is 2.62. The number of hydrogen-bond acceptors (Lipinski definition) is 2. The molecule has 1 saturated heterocycles. The number of nitrogens with zero attached hydrogens (tertiary/aromatic N) is 1. The molecule has 0 radical (unpaired) electrons. The second kappa shape index (κ2) is 5.59. The van der Waals surface area contributed by atoms with Gasteiger partial charge in [-0.15, -0.1) is 12.4 Å². The molecule has 0 aliphatic carbocycles. The molecule has 5 heteroatoms. The van der Waals surface area contributed by atoms with Crippen LogP contribution in [0, 0.1) is 0 Å². The Kier molecular flexibility index (Phi) is 4.09. The number of carbonyl (C=O) groups excluding carboxylic acids is 1. The predicted molar refractivity (Wildman–Crippen MR) is 74.1 cm³/mol. The molecule has 1 aromatic carbocycles. The van der Waals surface area contributed by atoms with Crippen molar-refractivity contribution in [1.29, 1.82) is 0 Å². The lowest BCUT2D eigenvalue weighted by molar-refractivity contribution is 0.166. The van der Waals surface area contributed by atoms with Crippen LogP contribution in [-0.2, 0) is 6.54 Å². The molecule has 1 aromatic rings. The highest BCUT2D eigenvalue weighted by Crippen LogP contribution is 2.25. The molecule has 98 valence electrons. The average molecular weight is 268 g/mol. The number of amides is 2. The second-order valence-corrected chi connectivity index (χ2v) is 4.72. The Labute approximate surface area is 113 Å². The van der Waals surface area contributed by atoms with Crippen molar-refractivity contribution < 1.29 is 4.79 Å². The van der Waals surface area contributed by atoms with Gasteiger partial charge in [0, 0.05) is 24.8 Å². The van der Waals surface area contributed by atoms with Crippen molar-refractivity contribution in [3.05, 3.63) is 29.8 Å². The number of para-hydroxylation sites is 1. The molecule has 2 aliphatic rings. The molecule has 18 heavy (non-hydrogen) atoms. The van der Waals surface area contributed by atoms with Gasteiger partial charge >= 0.3 is 6.03 Å². The van der Waals surface area contributed by atoms with Gasteiger partial charge in [0.25, 0.3) is 0 Å². The van der Waals surface area contributed by atoms with E-state index in [0.717, 1.165) is 38.2 Å². The molecule has 1 fully saturated rings. The molecule has 3 rings (SSSR count). The molecular weight excluding hydrogens is 250 g/mol. The van der Waals surface area contributed by atoms with Crippen molar-refractivity contribution in [2.24, 2.45) is 0 Å². The van der Waals surface area contributed by atoms with Gasteiger partial charge < -0.3 is 15.5 Å². The maximum atomic E-state index is 12.0. The van der Waals surface area contributed by atoms with E-state index in [9.17, 15) is 4.79 Å². The van der Waals surface area contributed by atoms with Crippen LogP contribution in [0.4, 0.5) is 10.5 Å². The lowest BCUT2D eigenvalue weighted by Gasteiger charge is -2.37. The minimum Gasteiger partial charge on any atom is -0.316 e. The second-order valence-electron chi connectivity index (χ2n) is 4.72. The quantitative estimate of drug-likeness (QED) is 0.819. The Hall–Kier alpha value is -1.26. The Bertz CT molecular complexity index is 432. The van der Waals surface area contributed by atoms with Crippen LogP contribution in [0.15, 0.2) is 24.3 Å². The summed E-state index contributed by atoms with van der Waals surface area (Å²) in [5.41, 5.74) is 2.16. The van der Waals surface area contributed by atoms with Gasteiger partial charge in [-0.25, -0.2) is 4.79 Å². The minimum atomic E-state index is 0. The molecule has 4 nitrogen and oxygen atoms in total. The van der Waals surface area contributed by atoms with E-state index in [2.05, 4.69) is 16.7 Å². The van der Waals surface area contributed by atoms with Crippen molar-refractivity contribution >= 4 is 24.1 Å². The van der Waals surface area contributed by atoms with Gasteiger partial charge in [-0.3, -0.25) is 0 Å². The monoisotopic (exact) mass is 267 g/mol. The number of piperidine rings is 1. The van der Waals surface area contributed by atoms with E-state index in [4.69, 9.17) is 0 Å². The van der Waals surface area contributed by atoms with Crippen LogP contribution < -0.4 is 10.6 Å². The van der Waals surface area contributed by atoms with Crippen molar-refractivity contribution in [3.8, 4) is 0 Å². The highest BCUT2D eigenvalue weighted by Gasteiger charge is 2.29. The lowest BCUT2D eigenvalue weighted by atomic mass is 10.0. The molecule has 2 heterocycles. The van der Waals surface area contributed by atoms with Crippen molar-refractivity contribution in [2.75, 3.05) is 18.4 Å². The Morgan fingerprint density at radius 2 is 2.11 bits per heavy atom. The van der Waals surface area contributed by atoms with E-state index in [-0.39, 0.29) is 18.4 Å². The third-order valence-corrected chi connectivity index (χ3v) is 3.57. The Morgan fingerprint density at radius 1 is 1.28 bits per heavy atom. The SMILES string of the molecule is Cl.O=C1Nc2ccccc2CN1[C@H]1CCCNC1. The van der Waals surface area contributed by atoms with E-state index in [1.165, 1.54) is 5.56 Å². The standard InChI is InChI=1S/C13H17N3O.ClH/c17-13-15-12-6-2-1-4-10(12)9-16(13)11-5-3-7-14-8-11;/h1-2,4,6,11,14H,3,5,7-9H2,(H,15,17);1H/t11-;/m0./s1. The fraction of sp³-hybridized carbons (Fsp3) is 0.462. The minimum absolute atomic E-state index is 0. The molecular formula is C13H18ClN3O. The largest absolute Gasteiger partial charge is 0.322 e. The number of fused-ring (bicyclic) bond motifs is 1. The number of benzene rings is 1. The van der Waals surface area contributed by atoms with Gasteiger partial charge in [0.15, 0.2) is 0 Å². The zero-order valence-electron chi connectivity index (χ0n) is 10.2. The number of anilines is 1. The first-order valence-corrected chi connectivity index (χ1v) is 6.21. The normalized spacial score (nSPS) is 22.8. The van der Waals surface area contributed by atoms with E-state index >= 15 is 0 Å². The maximum absolute atomic E-state index is 12.0. The molecule has 0 spiro atoms. The van der Waals surface area contributed by atoms with E-state index in [1.54, 1.807) is 0 Å². The van der Waals surface area contributed by atoms with Crippen molar-refractivity contribution in [3.63, 3.8) is 0 Å². The highest BCUT2D eigenvalue weighted by molar-refractivity contribution is 5.92. The summed E-state index contributed by atoms with van der Waals surface area (Å²) >= 11 is 0. The van der Waals surface area contributed by atoms with Crippen LogP contribution in [0.25, 0.3) is 0 Å². The molecule has 2 amide bonds. The Morgan fingerprint density at radius 3 is 2.89 bits per heavy atom. The fourth-order valence-corrected chi connectivity index (χ4v) is 2.62. The number of nitrogens with one attached hydrogen (secondary N) is 2. The zero-order chi connectivity index (χ0) is 11.7. The van der Waals surface area contributed by atoms with Gasteiger partial charge in [0.1, 0.15) is 0 Å². The number of urea groups is 1. The smallest absolute Gasteiger partial charge is 0.316 e. The van der Waals surface area contributed by atoms with E-state index in [1.807, 2.05) is 23.1 Å². The number of rotatable bonds is 1. The number of halogens is 1. The third kappa shape index (κ3) is 2.44. The third-order valence-electron chi connectivity index (χ3n) is 3.57. The van der Waals surface area contributed by atoms with Gasteiger partial charge in [-0.1, -0.05) is 18.2 Å². The average Bonchev–Trinajstić information content (AvgIpc) is 2.39. The summed E-state index contributed by atoms with van der Waals surface area (Å²) in [5, 5.41) is 6.32. The van der Waals surface area contributed by atoms with Crippen molar-refractivity contribution in [1.82, 2.24) is 10.2 Å². The molecule has 1 atom stereocenters. The zero-order valence-corrected chi connectivity index (χ0v) is 11.0. The summed E-state index contributed by atoms with van der Waals surface area (Å²) in [7, 11) is 0. The van der Waals surface area contributed by atoms with Crippen LogP contribution in [0.5, 0.6) is 0 Å². The van der Waals surface area contributed by atoms with Crippen LogP contribution in [0.1, 0.15) is 18.4 Å². The molecule has 2 N–H and O–H groups in total. The van der Waals surface area contributed by atoms with E-state index < -0.39 is 0 Å². The summed E-state index contributed by atoms with van der Waals surface area (Å²) in [6.07, 6.45) is 2.25. The lowest BCUT2D eigenvalue weighted by Crippen LogP contribution is -2.51. The van der Waals surface area contributed by atoms with Crippen LogP contribution in [0.2, 0.25) is 0 Å². The van der Waals surface area contributed by atoms with Gasteiger partial charge in [0.05, 0.1) is 0 Å². The molecule has 0 bridgehead atoms. The van der Waals surface area contributed by atoms with Crippen LogP contribution >= 0.6 is 12.4 Å². The molecule has 0 aromatic heterocycles. The first kappa shape index (κ1) is 13.2. The van der Waals surface area contributed by atoms with Gasteiger partial charge in [-0.2, -0.15) is 0 Å². The maximum Gasteiger partial charge on any atom is 0.322 e. The van der Waals surface area contributed by atoms with Crippen molar-refractivity contribution in [2.45, 2.75) is 25.4 Å². The molecule has 0 unspecified atom stereocenters. The van der Waals surface area contributed by atoms with E-state index in [0.29, 0.717) is 6.04 Å². The predicted octanol–water partition coefficient (Wildman–Crippen LogP) is 2.21. The number of hydrogen-bond donors (Lipinski definition) is 2. The Balaban J connectivity index is 0.00000120. The first-order chi connectivity index (χ1) is 8.34. The first-order valence-electron chi connectivity index (χ1n) is 6.21. The topological polar surface area (TPSA) is 44.4 Å². The highest BCUT2D eigenvalue weighted by atomic mass is 35.5. The van der Waals surface area contributed by atoms with Crippen LogP contribution in [0.3, 0.4) is 0 Å².